The van der Waals surface area contributed by atoms with Gasteiger partial charge in [-0.15, -0.1) is 0 Å². The second-order valence-corrected chi connectivity index (χ2v) is 5.97. The van der Waals surface area contributed by atoms with Crippen LogP contribution in [0.3, 0.4) is 0 Å². The van der Waals surface area contributed by atoms with Crippen LogP contribution in [0.1, 0.15) is 28.8 Å². The monoisotopic (exact) mass is 310 g/mol. The quantitative estimate of drug-likeness (QED) is 0.910. The van der Waals surface area contributed by atoms with Crippen LogP contribution in [-0.4, -0.2) is 35.5 Å². The second kappa shape index (κ2) is 6.94. The van der Waals surface area contributed by atoms with E-state index in [4.69, 9.17) is 0 Å². The van der Waals surface area contributed by atoms with Crippen LogP contribution in [-0.2, 0) is 4.79 Å². The Labute approximate surface area is 136 Å². The fraction of sp³-hybridized carbons (Fsp3) is 0.316. The molecule has 0 spiro atoms. The van der Waals surface area contributed by atoms with Crippen LogP contribution in [0.5, 0.6) is 0 Å². The lowest BCUT2D eigenvalue weighted by Crippen LogP contribution is -2.51. The van der Waals surface area contributed by atoms with Gasteiger partial charge >= 0.3 is 0 Å². The van der Waals surface area contributed by atoms with Gasteiger partial charge in [-0.3, -0.25) is 9.69 Å². The van der Waals surface area contributed by atoms with Crippen molar-refractivity contribution in [2.45, 2.75) is 19.1 Å². The number of nitrogens with zero attached hydrogens (tertiary/aromatic N) is 1. The van der Waals surface area contributed by atoms with Crippen molar-refractivity contribution in [3.8, 4) is 0 Å². The molecule has 2 aromatic rings. The van der Waals surface area contributed by atoms with Gasteiger partial charge in [0.25, 0.3) is 0 Å². The van der Waals surface area contributed by atoms with Crippen LogP contribution in [0.2, 0.25) is 0 Å². The summed E-state index contributed by atoms with van der Waals surface area (Å²) in [6, 6.07) is 17.2. The van der Waals surface area contributed by atoms with Crippen LogP contribution >= 0.6 is 0 Å². The number of aliphatic hydroxyl groups is 1. The molecule has 0 saturated carbocycles. The van der Waals surface area contributed by atoms with Crippen LogP contribution in [0.15, 0.2) is 54.6 Å². The average Bonchev–Trinajstić information content (AvgIpc) is 2.57. The topological polar surface area (TPSA) is 52.6 Å². The van der Waals surface area contributed by atoms with E-state index in [2.05, 4.69) is 10.2 Å². The minimum absolute atomic E-state index is 0.00538. The van der Waals surface area contributed by atoms with Gasteiger partial charge in [0.1, 0.15) is 6.04 Å². The van der Waals surface area contributed by atoms with Gasteiger partial charge in [0.05, 0.1) is 6.10 Å². The summed E-state index contributed by atoms with van der Waals surface area (Å²) in [5, 5.41) is 13.5. The number of benzene rings is 2. The zero-order chi connectivity index (χ0) is 16.2. The number of hydrogen-bond donors (Lipinski definition) is 2. The highest BCUT2D eigenvalue weighted by atomic mass is 16.3. The zero-order valence-corrected chi connectivity index (χ0v) is 13.3. The van der Waals surface area contributed by atoms with Crippen molar-refractivity contribution in [3.63, 3.8) is 0 Å². The van der Waals surface area contributed by atoms with E-state index < -0.39 is 6.10 Å². The molecular formula is C19H22N2O2. The van der Waals surface area contributed by atoms with E-state index in [0.717, 1.165) is 23.2 Å². The molecule has 120 valence electrons. The van der Waals surface area contributed by atoms with Crippen LogP contribution in [0.25, 0.3) is 0 Å². The fourth-order valence-corrected chi connectivity index (χ4v) is 3.15. The molecule has 2 N–H and O–H groups in total. The molecule has 0 aliphatic carbocycles. The number of aliphatic hydroxyl groups excluding tert-OH is 1. The summed E-state index contributed by atoms with van der Waals surface area (Å²) in [5.74, 6) is 0.00538. The predicted molar refractivity (Wildman–Crippen MR) is 89.9 cm³/mol. The number of rotatable bonds is 4. The highest BCUT2D eigenvalue weighted by Gasteiger charge is 2.33. The number of aryl methyl sites for hydroxylation is 1. The molecular weight excluding hydrogens is 288 g/mol. The van der Waals surface area contributed by atoms with Crippen molar-refractivity contribution in [1.29, 1.82) is 0 Å². The smallest absolute Gasteiger partial charge is 0.242 e. The second-order valence-electron chi connectivity index (χ2n) is 5.97. The van der Waals surface area contributed by atoms with E-state index >= 15 is 0 Å². The van der Waals surface area contributed by atoms with E-state index in [1.165, 1.54) is 0 Å². The average molecular weight is 310 g/mol. The summed E-state index contributed by atoms with van der Waals surface area (Å²) >= 11 is 0. The first-order valence-electron chi connectivity index (χ1n) is 7.97. The summed E-state index contributed by atoms with van der Waals surface area (Å²) in [6.45, 7) is 3.80. The summed E-state index contributed by atoms with van der Waals surface area (Å²) in [7, 11) is 0. The molecule has 3 rings (SSSR count). The first-order valence-corrected chi connectivity index (χ1v) is 7.97. The summed E-state index contributed by atoms with van der Waals surface area (Å²) in [4.78, 5) is 14.5. The number of hydrogen-bond acceptors (Lipinski definition) is 3. The zero-order valence-electron chi connectivity index (χ0n) is 13.3. The fourth-order valence-electron chi connectivity index (χ4n) is 3.15. The predicted octanol–water partition coefficient (Wildman–Crippen LogP) is 2.20. The molecule has 0 bridgehead atoms. The summed E-state index contributed by atoms with van der Waals surface area (Å²) in [6.07, 6.45) is -0.603. The molecule has 1 amide bonds. The molecule has 23 heavy (non-hydrogen) atoms. The molecule has 4 heteroatoms. The first-order chi connectivity index (χ1) is 11.2. The lowest BCUT2D eigenvalue weighted by Gasteiger charge is -2.37. The maximum absolute atomic E-state index is 12.4. The number of piperazine rings is 1. The largest absolute Gasteiger partial charge is 0.387 e. The molecule has 1 heterocycles. The van der Waals surface area contributed by atoms with Crippen molar-refractivity contribution < 1.29 is 9.90 Å². The lowest BCUT2D eigenvalue weighted by molar-refractivity contribution is -0.130. The van der Waals surface area contributed by atoms with E-state index in [9.17, 15) is 9.90 Å². The van der Waals surface area contributed by atoms with Crippen molar-refractivity contribution in [3.05, 3.63) is 71.3 Å². The van der Waals surface area contributed by atoms with Crippen molar-refractivity contribution in [2.24, 2.45) is 0 Å². The molecule has 2 aromatic carbocycles. The van der Waals surface area contributed by atoms with Gasteiger partial charge in [-0.2, -0.15) is 0 Å². The molecule has 1 aliphatic heterocycles. The summed E-state index contributed by atoms with van der Waals surface area (Å²) < 4.78 is 0. The van der Waals surface area contributed by atoms with Crippen LogP contribution in [0, 0.1) is 6.92 Å². The van der Waals surface area contributed by atoms with Gasteiger partial charge in [-0.05, 0) is 23.6 Å². The van der Waals surface area contributed by atoms with E-state index in [-0.39, 0.29) is 11.9 Å². The SMILES string of the molecule is Cc1ccccc1C1C(=O)NCCN1CC(O)c1ccccc1. The minimum atomic E-state index is -0.603. The van der Waals surface area contributed by atoms with E-state index in [0.29, 0.717) is 13.1 Å². The van der Waals surface area contributed by atoms with Crippen LogP contribution in [0.4, 0.5) is 0 Å². The maximum Gasteiger partial charge on any atom is 0.242 e. The lowest BCUT2D eigenvalue weighted by atomic mass is 9.97. The number of nitrogens with one attached hydrogen (secondary N) is 1. The van der Waals surface area contributed by atoms with Gasteiger partial charge in [-0.25, -0.2) is 0 Å². The third-order valence-electron chi connectivity index (χ3n) is 4.39. The number of amides is 1. The molecule has 2 unspecified atom stereocenters. The van der Waals surface area contributed by atoms with Gasteiger partial charge in [-0.1, -0.05) is 54.6 Å². The molecule has 1 aliphatic rings. The molecule has 1 fully saturated rings. The number of carbonyl (C=O) groups excluding carboxylic acids is 1. The van der Waals surface area contributed by atoms with Gasteiger partial charge in [0.15, 0.2) is 0 Å². The number of β-amino-alcohol motifs (C(OH)–C–C–N with tert-alkyl or cyclic N) is 1. The van der Waals surface area contributed by atoms with Gasteiger partial charge < -0.3 is 10.4 Å². The first kappa shape index (κ1) is 15.7. The highest BCUT2D eigenvalue weighted by Crippen LogP contribution is 2.28. The number of carbonyl (C=O) groups is 1. The Morgan fingerprint density at radius 2 is 1.87 bits per heavy atom. The molecule has 4 nitrogen and oxygen atoms in total. The third kappa shape index (κ3) is 3.44. The maximum atomic E-state index is 12.4. The van der Waals surface area contributed by atoms with E-state index in [1.807, 2.05) is 61.5 Å². The van der Waals surface area contributed by atoms with Crippen molar-refractivity contribution in [1.82, 2.24) is 10.2 Å². The Hall–Kier alpha value is -2.17. The Kier molecular flexibility index (Phi) is 4.74. The van der Waals surface area contributed by atoms with Crippen molar-refractivity contribution >= 4 is 5.91 Å². The minimum Gasteiger partial charge on any atom is -0.387 e. The summed E-state index contributed by atoms with van der Waals surface area (Å²) in [5.41, 5.74) is 2.97. The highest BCUT2D eigenvalue weighted by molar-refractivity contribution is 5.84. The Morgan fingerprint density at radius 1 is 1.17 bits per heavy atom. The third-order valence-corrected chi connectivity index (χ3v) is 4.39. The molecule has 1 saturated heterocycles. The standard InChI is InChI=1S/C19H22N2O2/c1-14-7-5-6-10-16(14)18-19(23)20-11-12-21(18)13-17(22)15-8-3-2-4-9-15/h2-10,17-18,22H,11-13H2,1H3,(H,20,23). The van der Waals surface area contributed by atoms with Gasteiger partial charge in [0, 0.05) is 19.6 Å². The Balaban J connectivity index is 1.84. The molecule has 2 atom stereocenters. The molecule has 0 radical (unpaired) electrons. The molecule has 0 aromatic heterocycles. The Morgan fingerprint density at radius 3 is 2.61 bits per heavy atom. The van der Waals surface area contributed by atoms with Crippen molar-refractivity contribution in [2.75, 3.05) is 19.6 Å². The van der Waals surface area contributed by atoms with E-state index in [1.54, 1.807) is 0 Å². The van der Waals surface area contributed by atoms with Gasteiger partial charge in [0.2, 0.25) is 5.91 Å². The normalized spacial score (nSPS) is 20.1. The Bertz CT molecular complexity index is 672. The van der Waals surface area contributed by atoms with Crippen LogP contribution < -0.4 is 5.32 Å².